The Kier molecular flexibility index (Phi) is 3.79. The second-order valence-corrected chi connectivity index (χ2v) is 6.11. The minimum absolute atomic E-state index is 0.0126. The Morgan fingerprint density at radius 2 is 1.52 bits per heavy atom. The van der Waals surface area contributed by atoms with Gasteiger partial charge in [-0.1, -0.05) is 60.1 Å². The van der Waals surface area contributed by atoms with Crippen molar-refractivity contribution in [2.75, 3.05) is 0 Å². The van der Waals surface area contributed by atoms with Crippen LogP contribution in [0.5, 0.6) is 11.5 Å². The Bertz CT molecular complexity index is 1080. The van der Waals surface area contributed by atoms with Crippen LogP contribution in [0.1, 0.15) is 0 Å². The normalized spacial score (nSPS) is 10.9. The van der Waals surface area contributed by atoms with Crippen molar-refractivity contribution in [3.05, 3.63) is 77.8 Å². The van der Waals surface area contributed by atoms with E-state index in [2.05, 4.69) is 4.98 Å². The molecule has 3 nitrogen and oxygen atoms in total. The number of hydrogen-bond acceptors (Lipinski definition) is 3. The molecule has 1 aromatic heterocycles. The molecule has 0 aliphatic heterocycles. The number of nitrogens with zero attached hydrogens (tertiary/aromatic N) is 1. The van der Waals surface area contributed by atoms with Crippen molar-refractivity contribution in [2.24, 2.45) is 0 Å². The molecule has 4 heteroatoms. The van der Waals surface area contributed by atoms with Gasteiger partial charge in [0.2, 0.25) is 0 Å². The van der Waals surface area contributed by atoms with Gasteiger partial charge in [-0.15, -0.1) is 0 Å². The summed E-state index contributed by atoms with van der Waals surface area (Å²) >= 11 is 6.73. The highest BCUT2D eigenvalue weighted by Gasteiger charge is 2.18. The molecule has 0 atom stereocenters. The molecular formula is C21H14ClNO2. The quantitative estimate of drug-likeness (QED) is 0.494. The number of halogens is 1. The van der Waals surface area contributed by atoms with Gasteiger partial charge in [0, 0.05) is 22.6 Å². The van der Waals surface area contributed by atoms with E-state index in [0.717, 1.165) is 22.0 Å². The van der Waals surface area contributed by atoms with Gasteiger partial charge in [-0.2, -0.15) is 0 Å². The summed E-state index contributed by atoms with van der Waals surface area (Å²) in [7, 11) is 0. The number of aromatic hydroxyl groups is 2. The largest absolute Gasteiger partial charge is 0.508 e. The zero-order chi connectivity index (χ0) is 17.4. The molecule has 0 aliphatic rings. The molecule has 0 radical (unpaired) electrons. The number of aromatic nitrogens is 1. The van der Waals surface area contributed by atoms with Gasteiger partial charge in [-0.05, 0) is 23.8 Å². The highest BCUT2D eigenvalue weighted by Crippen LogP contribution is 2.42. The molecule has 25 heavy (non-hydrogen) atoms. The third-order valence-corrected chi connectivity index (χ3v) is 4.50. The average Bonchev–Trinajstić information content (AvgIpc) is 2.62. The second kappa shape index (κ2) is 6.11. The van der Waals surface area contributed by atoms with Crippen LogP contribution in [0, 0.1) is 0 Å². The van der Waals surface area contributed by atoms with Crippen molar-refractivity contribution in [1.82, 2.24) is 4.98 Å². The number of fused-ring (bicyclic) bond motifs is 1. The summed E-state index contributed by atoms with van der Waals surface area (Å²) in [5, 5.41) is 21.2. The Labute approximate surface area is 149 Å². The average molecular weight is 348 g/mol. The van der Waals surface area contributed by atoms with Crippen LogP contribution in [0.4, 0.5) is 0 Å². The Morgan fingerprint density at radius 1 is 0.800 bits per heavy atom. The van der Waals surface area contributed by atoms with Crippen molar-refractivity contribution in [3.8, 4) is 33.9 Å². The molecule has 2 N–H and O–H groups in total. The molecule has 1 heterocycles. The van der Waals surface area contributed by atoms with Gasteiger partial charge >= 0.3 is 0 Å². The second-order valence-electron chi connectivity index (χ2n) is 5.73. The number of pyridine rings is 1. The number of hydrogen-bond donors (Lipinski definition) is 2. The van der Waals surface area contributed by atoms with E-state index >= 15 is 0 Å². The van der Waals surface area contributed by atoms with Gasteiger partial charge in [-0.3, -0.25) is 0 Å². The van der Waals surface area contributed by atoms with Crippen LogP contribution in [0.15, 0.2) is 72.8 Å². The van der Waals surface area contributed by atoms with Crippen LogP contribution in [0.25, 0.3) is 33.3 Å². The van der Waals surface area contributed by atoms with Gasteiger partial charge in [-0.25, -0.2) is 4.98 Å². The molecule has 0 saturated carbocycles. The molecule has 4 rings (SSSR count). The van der Waals surface area contributed by atoms with Crippen LogP contribution < -0.4 is 0 Å². The summed E-state index contributed by atoms with van der Waals surface area (Å²) < 4.78 is 0. The fourth-order valence-corrected chi connectivity index (χ4v) is 3.33. The first kappa shape index (κ1) is 15.5. The number of phenols is 2. The molecule has 0 bridgehead atoms. The van der Waals surface area contributed by atoms with Gasteiger partial charge in [0.1, 0.15) is 11.5 Å². The van der Waals surface area contributed by atoms with Crippen LogP contribution in [-0.4, -0.2) is 15.2 Å². The van der Waals surface area contributed by atoms with Crippen LogP contribution in [-0.2, 0) is 0 Å². The van der Waals surface area contributed by atoms with Gasteiger partial charge in [0.25, 0.3) is 0 Å². The molecule has 0 spiro atoms. The summed E-state index contributed by atoms with van der Waals surface area (Å²) in [6.45, 7) is 0. The Morgan fingerprint density at radius 3 is 2.28 bits per heavy atom. The maximum Gasteiger partial charge on any atom is 0.128 e. The standard InChI is InChI=1S/C21H14ClNO2/c22-20-19(13-6-2-1-3-7-13)15-8-4-5-9-17(15)23-21(20)16-11-10-14(24)12-18(16)25/h1-12,24-25H. The lowest BCUT2D eigenvalue weighted by Crippen LogP contribution is -1.93. The van der Waals surface area contributed by atoms with Crippen molar-refractivity contribution >= 4 is 22.5 Å². The number of phenolic OH excluding ortho intramolecular Hbond substituents is 2. The summed E-state index contributed by atoms with van der Waals surface area (Å²) in [6.07, 6.45) is 0. The molecule has 0 amide bonds. The Balaban J connectivity index is 2.09. The molecule has 4 aromatic rings. The summed E-state index contributed by atoms with van der Waals surface area (Å²) in [5.74, 6) is -0.0786. The summed E-state index contributed by atoms with van der Waals surface area (Å²) in [6, 6.07) is 22.0. The number of para-hydroxylation sites is 1. The molecule has 3 aromatic carbocycles. The third kappa shape index (κ3) is 2.69. The van der Waals surface area contributed by atoms with E-state index in [0.29, 0.717) is 16.3 Å². The zero-order valence-electron chi connectivity index (χ0n) is 13.1. The molecule has 0 fully saturated rings. The smallest absolute Gasteiger partial charge is 0.128 e. The number of rotatable bonds is 2. The van der Waals surface area contributed by atoms with Crippen LogP contribution in [0.2, 0.25) is 5.02 Å². The predicted octanol–water partition coefficient (Wildman–Crippen LogP) is 5.63. The van der Waals surface area contributed by atoms with E-state index in [1.165, 1.54) is 12.1 Å². The zero-order valence-corrected chi connectivity index (χ0v) is 13.9. The molecule has 0 saturated heterocycles. The minimum Gasteiger partial charge on any atom is -0.508 e. The SMILES string of the molecule is Oc1ccc(-c2nc3ccccc3c(-c3ccccc3)c2Cl)c(O)c1. The van der Waals surface area contributed by atoms with Crippen LogP contribution in [0.3, 0.4) is 0 Å². The lowest BCUT2D eigenvalue weighted by Gasteiger charge is -2.14. The lowest BCUT2D eigenvalue weighted by molar-refractivity contribution is 0.452. The van der Waals surface area contributed by atoms with Crippen molar-refractivity contribution in [2.45, 2.75) is 0 Å². The van der Waals surface area contributed by atoms with Gasteiger partial charge in [0.05, 0.1) is 16.2 Å². The lowest BCUT2D eigenvalue weighted by atomic mass is 9.98. The highest BCUT2D eigenvalue weighted by atomic mass is 35.5. The van der Waals surface area contributed by atoms with E-state index in [-0.39, 0.29) is 11.5 Å². The first-order valence-corrected chi connectivity index (χ1v) is 8.19. The Hall–Kier alpha value is -3.04. The van der Waals surface area contributed by atoms with Crippen molar-refractivity contribution < 1.29 is 10.2 Å². The molecule has 122 valence electrons. The van der Waals surface area contributed by atoms with E-state index in [4.69, 9.17) is 11.6 Å². The van der Waals surface area contributed by atoms with E-state index in [1.807, 2.05) is 54.6 Å². The molecular weight excluding hydrogens is 334 g/mol. The number of benzene rings is 3. The fraction of sp³-hybridized carbons (Fsp3) is 0. The van der Waals surface area contributed by atoms with Gasteiger partial charge in [0.15, 0.2) is 0 Å². The monoisotopic (exact) mass is 347 g/mol. The van der Waals surface area contributed by atoms with Gasteiger partial charge < -0.3 is 10.2 Å². The van der Waals surface area contributed by atoms with E-state index < -0.39 is 0 Å². The van der Waals surface area contributed by atoms with Crippen molar-refractivity contribution in [1.29, 1.82) is 0 Å². The summed E-state index contributed by atoms with van der Waals surface area (Å²) in [5.41, 5.74) is 3.59. The molecule has 0 aliphatic carbocycles. The van der Waals surface area contributed by atoms with Crippen molar-refractivity contribution in [3.63, 3.8) is 0 Å². The van der Waals surface area contributed by atoms with Crippen LogP contribution >= 0.6 is 11.6 Å². The predicted molar refractivity (Wildman–Crippen MR) is 101 cm³/mol. The summed E-state index contributed by atoms with van der Waals surface area (Å²) in [4.78, 5) is 4.65. The first-order valence-electron chi connectivity index (χ1n) is 7.81. The first-order chi connectivity index (χ1) is 12.1. The highest BCUT2D eigenvalue weighted by molar-refractivity contribution is 6.37. The third-order valence-electron chi connectivity index (χ3n) is 4.13. The van der Waals surface area contributed by atoms with E-state index in [9.17, 15) is 10.2 Å². The molecule has 0 unspecified atom stereocenters. The van der Waals surface area contributed by atoms with E-state index in [1.54, 1.807) is 6.07 Å². The topological polar surface area (TPSA) is 53.4 Å². The maximum absolute atomic E-state index is 10.2. The maximum atomic E-state index is 10.2. The fourth-order valence-electron chi connectivity index (χ4n) is 2.97. The minimum atomic E-state index is -0.0660.